The van der Waals surface area contributed by atoms with Gasteiger partial charge in [0.1, 0.15) is 0 Å². The van der Waals surface area contributed by atoms with E-state index in [9.17, 15) is 4.79 Å². The van der Waals surface area contributed by atoms with Gasteiger partial charge in [0.2, 0.25) is 5.75 Å². The molecule has 1 aliphatic rings. The number of hydrogen-bond acceptors (Lipinski definition) is 5. The van der Waals surface area contributed by atoms with Gasteiger partial charge in [-0.1, -0.05) is 6.92 Å². The summed E-state index contributed by atoms with van der Waals surface area (Å²) in [6.07, 6.45) is 2.27. The predicted octanol–water partition coefficient (Wildman–Crippen LogP) is 4.31. The van der Waals surface area contributed by atoms with E-state index in [-0.39, 0.29) is 5.91 Å². The maximum Gasteiger partial charge on any atom is 0.263 e. The minimum absolute atomic E-state index is 0.118. The average molecular weight is 375 g/mol. The van der Waals surface area contributed by atoms with Crippen molar-refractivity contribution < 1.29 is 19.0 Å². The fraction of sp³-hybridized carbons (Fsp3) is 0.450. The Labute approximate surface area is 158 Å². The third-order valence-electron chi connectivity index (χ3n) is 4.73. The van der Waals surface area contributed by atoms with E-state index in [0.29, 0.717) is 23.2 Å². The molecule has 26 heavy (non-hydrogen) atoms. The molecule has 1 aliphatic heterocycles. The second kappa shape index (κ2) is 7.99. The lowest BCUT2D eigenvalue weighted by Crippen LogP contribution is -2.38. The van der Waals surface area contributed by atoms with Crippen LogP contribution in [0.2, 0.25) is 0 Å². The first-order valence-electron chi connectivity index (χ1n) is 8.77. The highest BCUT2D eigenvalue weighted by molar-refractivity contribution is 7.17. The fourth-order valence-corrected chi connectivity index (χ4v) is 4.42. The number of rotatable bonds is 5. The van der Waals surface area contributed by atoms with E-state index >= 15 is 0 Å². The van der Waals surface area contributed by atoms with Crippen LogP contribution in [0.4, 0.5) is 0 Å². The van der Waals surface area contributed by atoms with Crippen LogP contribution in [0.3, 0.4) is 0 Å². The molecule has 1 aromatic carbocycles. The number of carbonyl (C=O) groups excluding carboxylic acids is 1. The molecule has 0 bridgehead atoms. The van der Waals surface area contributed by atoms with E-state index in [1.165, 1.54) is 17.8 Å². The number of methoxy groups -OCH3 is 3. The van der Waals surface area contributed by atoms with Gasteiger partial charge in [0.05, 0.1) is 26.2 Å². The normalized spacial score (nSPS) is 17.1. The van der Waals surface area contributed by atoms with Crippen LogP contribution < -0.4 is 14.2 Å². The summed E-state index contributed by atoms with van der Waals surface area (Å²) in [6, 6.07) is 7.65. The number of benzene rings is 1. The molecule has 1 amide bonds. The van der Waals surface area contributed by atoms with E-state index in [4.69, 9.17) is 14.2 Å². The molecule has 1 fully saturated rings. The molecule has 6 heteroatoms. The molecule has 140 valence electrons. The number of piperidine rings is 1. The second-order valence-electron chi connectivity index (χ2n) is 6.54. The van der Waals surface area contributed by atoms with Crippen molar-refractivity contribution in [1.82, 2.24) is 4.90 Å². The summed E-state index contributed by atoms with van der Waals surface area (Å²) in [4.78, 5) is 16.5. The minimum Gasteiger partial charge on any atom is -0.493 e. The number of nitrogens with zero attached hydrogens (tertiary/aromatic N) is 1. The molecule has 0 radical (unpaired) electrons. The van der Waals surface area contributed by atoms with Gasteiger partial charge in [-0.05, 0) is 43.0 Å². The zero-order valence-electron chi connectivity index (χ0n) is 15.7. The maximum atomic E-state index is 12.8. The van der Waals surface area contributed by atoms with Crippen LogP contribution in [-0.2, 0) is 0 Å². The summed E-state index contributed by atoms with van der Waals surface area (Å²) < 4.78 is 16.4. The molecule has 0 aliphatic carbocycles. The van der Waals surface area contributed by atoms with Crippen molar-refractivity contribution in [3.63, 3.8) is 0 Å². The molecule has 0 spiro atoms. The standard InChI is InChI=1S/C20H25NO4S/c1-13-6-5-11-21(12-13)20(22)17-10-9-16(26-17)14-7-8-15(23-2)19(25-4)18(14)24-3/h7-10,13H,5-6,11-12H2,1-4H3/t13-/m0/s1. The van der Waals surface area contributed by atoms with Gasteiger partial charge in [-0.25, -0.2) is 0 Å². The summed E-state index contributed by atoms with van der Waals surface area (Å²) in [5, 5.41) is 0. The number of amides is 1. The lowest BCUT2D eigenvalue weighted by molar-refractivity contribution is 0.0688. The Morgan fingerprint density at radius 3 is 2.50 bits per heavy atom. The van der Waals surface area contributed by atoms with E-state index in [1.807, 2.05) is 29.2 Å². The topological polar surface area (TPSA) is 48.0 Å². The van der Waals surface area contributed by atoms with Crippen LogP contribution in [0.15, 0.2) is 24.3 Å². The van der Waals surface area contributed by atoms with E-state index < -0.39 is 0 Å². The highest BCUT2D eigenvalue weighted by Gasteiger charge is 2.24. The van der Waals surface area contributed by atoms with Crippen molar-refractivity contribution in [3.8, 4) is 27.7 Å². The van der Waals surface area contributed by atoms with Gasteiger partial charge in [-0.3, -0.25) is 4.79 Å². The molecular weight excluding hydrogens is 350 g/mol. The molecule has 0 unspecified atom stereocenters. The average Bonchev–Trinajstić information content (AvgIpc) is 3.15. The van der Waals surface area contributed by atoms with E-state index in [0.717, 1.165) is 34.8 Å². The Morgan fingerprint density at radius 1 is 1.08 bits per heavy atom. The van der Waals surface area contributed by atoms with Gasteiger partial charge in [0, 0.05) is 23.5 Å². The Balaban J connectivity index is 1.91. The quantitative estimate of drug-likeness (QED) is 0.781. The Hall–Kier alpha value is -2.21. The molecule has 0 N–H and O–H groups in total. The third-order valence-corrected chi connectivity index (χ3v) is 5.84. The predicted molar refractivity (Wildman–Crippen MR) is 104 cm³/mol. The Morgan fingerprint density at radius 2 is 1.85 bits per heavy atom. The van der Waals surface area contributed by atoms with E-state index in [1.54, 1.807) is 21.3 Å². The highest BCUT2D eigenvalue weighted by Crippen LogP contribution is 2.46. The highest BCUT2D eigenvalue weighted by atomic mass is 32.1. The number of carbonyl (C=O) groups is 1. The summed E-state index contributed by atoms with van der Waals surface area (Å²) in [5.74, 6) is 2.46. The van der Waals surface area contributed by atoms with Crippen LogP contribution in [0, 0.1) is 5.92 Å². The minimum atomic E-state index is 0.118. The first kappa shape index (κ1) is 18.6. The molecule has 1 saturated heterocycles. The van der Waals surface area contributed by atoms with Crippen LogP contribution in [0.25, 0.3) is 10.4 Å². The van der Waals surface area contributed by atoms with Gasteiger partial charge in [-0.15, -0.1) is 11.3 Å². The summed E-state index contributed by atoms with van der Waals surface area (Å²) >= 11 is 1.48. The zero-order chi connectivity index (χ0) is 18.7. The zero-order valence-corrected chi connectivity index (χ0v) is 16.5. The summed E-state index contributed by atoms with van der Waals surface area (Å²) in [5.41, 5.74) is 0.890. The lowest BCUT2D eigenvalue weighted by Gasteiger charge is -2.30. The first-order valence-corrected chi connectivity index (χ1v) is 9.59. The molecule has 1 aromatic heterocycles. The van der Waals surface area contributed by atoms with Crippen LogP contribution >= 0.6 is 11.3 Å². The number of likely N-dealkylation sites (tertiary alicyclic amines) is 1. The summed E-state index contributed by atoms with van der Waals surface area (Å²) in [6.45, 7) is 3.88. The first-order chi connectivity index (χ1) is 12.6. The molecule has 1 atom stereocenters. The Kier molecular flexibility index (Phi) is 5.71. The van der Waals surface area contributed by atoms with Crippen molar-refractivity contribution in [2.45, 2.75) is 19.8 Å². The molecule has 3 rings (SSSR count). The van der Waals surface area contributed by atoms with Crippen molar-refractivity contribution in [3.05, 3.63) is 29.1 Å². The third kappa shape index (κ3) is 3.51. The second-order valence-corrected chi connectivity index (χ2v) is 7.63. The van der Waals surface area contributed by atoms with Crippen LogP contribution in [-0.4, -0.2) is 45.2 Å². The van der Waals surface area contributed by atoms with Crippen LogP contribution in [0.1, 0.15) is 29.4 Å². The van der Waals surface area contributed by atoms with Crippen molar-refractivity contribution >= 4 is 17.2 Å². The largest absolute Gasteiger partial charge is 0.493 e. The molecule has 0 saturated carbocycles. The molecule has 2 heterocycles. The van der Waals surface area contributed by atoms with Gasteiger partial charge < -0.3 is 19.1 Å². The van der Waals surface area contributed by atoms with Crippen molar-refractivity contribution in [2.75, 3.05) is 34.4 Å². The van der Waals surface area contributed by atoms with Gasteiger partial charge >= 0.3 is 0 Å². The van der Waals surface area contributed by atoms with Gasteiger partial charge in [0.25, 0.3) is 5.91 Å². The van der Waals surface area contributed by atoms with Gasteiger partial charge in [0.15, 0.2) is 11.5 Å². The van der Waals surface area contributed by atoms with Crippen LogP contribution in [0.5, 0.6) is 17.2 Å². The number of hydrogen-bond donors (Lipinski definition) is 0. The smallest absolute Gasteiger partial charge is 0.263 e. The monoisotopic (exact) mass is 375 g/mol. The Bertz CT molecular complexity index is 786. The lowest BCUT2D eigenvalue weighted by atomic mass is 10.0. The maximum absolute atomic E-state index is 12.8. The SMILES string of the molecule is COc1ccc(-c2ccc(C(=O)N3CCC[C@H](C)C3)s2)c(OC)c1OC. The fourth-order valence-electron chi connectivity index (χ4n) is 3.42. The number of thiophene rings is 1. The molecular formula is C20H25NO4S. The molecule has 5 nitrogen and oxygen atoms in total. The van der Waals surface area contributed by atoms with E-state index in [2.05, 4.69) is 6.92 Å². The van der Waals surface area contributed by atoms with Gasteiger partial charge in [-0.2, -0.15) is 0 Å². The van der Waals surface area contributed by atoms with Crippen molar-refractivity contribution in [1.29, 1.82) is 0 Å². The number of ether oxygens (including phenoxy) is 3. The molecule has 2 aromatic rings. The van der Waals surface area contributed by atoms with Crippen molar-refractivity contribution in [2.24, 2.45) is 5.92 Å². The summed E-state index contributed by atoms with van der Waals surface area (Å²) in [7, 11) is 4.79.